The molecular formula is C9H8BrIO2. The third-order valence-electron chi connectivity index (χ3n) is 1.71. The van der Waals surface area contributed by atoms with Crippen LogP contribution in [-0.4, -0.2) is 11.1 Å². The van der Waals surface area contributed by atoms with Crippen LogP contribution in [-0.2, 0) is 11.2 Å². The van der Waals surface area contributed by atoms with E-state index < -0.39 is 5.97 Å². The molecule has 0 aliphatic rings. The second-order valence-electron chi connectivity index (χ2n) is 2.75. The fourth-order valence-electron chi connectivity index (χ4n) is 1.11. The number of hydrogen-bond donors (Lipinski definition) is 1. The average molecular weight is 355 g/mol. The van der Waals surface area contributed by atoms with Crippen molar-refractivity contribution in [2.24, 2.45) is 0 Å². The van der Waals surface area contributed by atoms with E-state index in [-0.39, 0.29) is 6.42 Å². The molecular weight excluding hydrogens is 347 g/mol. The second kappa shape index (κ2) is 4.41. The highest BCUT2D eigenvalue weighted by Crippen LogP contribution is 2.24. The van der Waals surface area contributed by atoms with Crippen LogP contribution in [0, 0.1) is 10.5 Å². The van der Waals surface area contributed by atoms with Crippen LogP contribution in [0.3, 0.4) is 0 Å². The van der Waals surface area contributed by atoms with Crippen molar-refractivity contribution in [3.63, 3.8) is 0 Å². The van der Waals surface area contributed by atoms with Crippen molar-refractivity contribution in [1.82, 2.24) is 0 Å². The number of aliphatic carboxylic acids is 1. The Balaban J connectivity index is 3.13. The highest BCUT2D eigenvalue weighted by atomic mass is 127. The van der Waals surface area contributed by atoms with Gasteiger partial charge in [0.05, 0.1) is 6.42 Å². The van der Waals surface area contributed by atoms with Crippen LogP contribution in [0.25, 0.3) is 0 Å². The molecule has 0 unspecified atom stereocenters. The summed E-state index contributed by atoms with van der Waals surface area (Å²) in [5, 5.41) is 8.66. The molecule has 0 atom stereocenters. The molecule has 1 aromatic carbocycles. The SMILES string of the molecule is Cc1cc(I)cc(Br)c1CC(=O)O. The molecule has 0 spiro atoms. The predicted molar refractivity (Wildman–Crippen MR) is 62.9 cm³/mol. The molecule has 0 bridgehead atoms. The Morgan fingerprint density at radius 1 is 1.62 bits per heavy atom. The molecule has 0 fully saturated rings. The summed E-state index contributed by atoms with van der Waals surface area (Å²) in [6, 6.07) is 3.90. The molecule has 0 amide bonds. The van der Waals surface area contributed by atoms with Gasteiger partial charge in [-0.3, -0.25) is 4.79 Å². The lowest BCUT2D eigenvalue weighted by molar-refractivity contribution is -0.136. The highest BCUT2D eigenvalue weighted by Gasteiger charge is 2.08. The molecule has 0 radical (unpaired) electrons. The Hall–Kier alpha value is -0.100. The van der Waals surface area contributed by atoms with Gasteiger partial charge in [0.15, 0.2) is 0 Å². The van der Waals surface area contributed by atoms with Gasteiger partial charge in [-0.25, -0.2) is 0 Å². The van der Waals surface area contributed by atoms with E-state index in [0.29, 0.717) is 0 Å². The summed E-state index contributed by atoms with van der Waals surface area (Å²) in [4.78, 5) is 10.5. The van der Waals surface area contributed by atoms with E-state index in [9.17, 15) is 4.79 Å². The maximum Gasteiger partial charge on any atom is 0.307 e. The van der Waals surface area contributed by atoms with Crippen LogP contribution in [0.1, 0.15) is 11.1 Å². The number of halogens is 2. The van der Waals surface area contributed by atoms with Crippen molar-refractivity contribution in [3.05, 3.63) is 31.3 Å². The minimum absolute atomic E-state index is 0.0728. The van der Waals surface area contributed by atoms with Gasteiger partial charge in [0.2, 0.25) is 0 Å². The fourth-order valence-corrected chi connectivity index (χ4v) is 3.01. The van der Waals surface area contributed by atoms with Crippen molar-refractivity contribution in [2.45, 2.75) is 13.3 Å². The van der Waals surface area contributed by atoms with Crippen LogP contribution in [0.4, 0.5) is 0 Å². The number of rotatable bonds is 2. The molecule has 0 heterocycles. The Kier molecular flexibility index (Phi) is 3.73. The second-order valence-corrected chi connectivity index (χ2v) is 4.85. The molecule has 1 rings (SSSR count). The number of carbonyl (C=O) groups is 1. The van der Waals surface area contributed by atoms with Crippen molar-refractivity contribution in [3.8, 4) is 0 Å². The lowest BCUT2D eigenvalue weighted by Crippen LogP contribution is -2.03. The van der Waals surface area contributed by atoms with Gasteiger partial charge in [0.25, 0.3) is 0 Å². The first-order valence-corrected chi connectivity index (χ1v) is 5.54. The van der Waals surface area contributed by atoms with Crippen LogP contribution in [0.15, 0.2) is 16.6 Å². The molecule has 0 aliphatic carbocycles. The number of benzene rings is 1. The van der Waals surface area contributed by atoms with Gasteiger partial charge in [0.1, 0.15) is 0 Å². The van der Waals surface area contributed by atoms with Gasteiger partial charge in [-0.15, -0.1) is 0 Å². The first kappa shape index (κ1) is 11.0. The molecule has 2 nitrogen and oxygen atoms in total. The summed E-state index contributed by atoms with van der Waals surface area (Å²) in [6.07, 6.45) is 0.0728. The number of carboxylic acid groups (broad SMARTS) is 1. The van der Waals surface area contributed by atoms with Crippen LogP contribution in [0.2, 0.25) is 0 Å². The molecule has 0 saturated carbocycles. The minimum Gasteiger partial charge on any atom is -0.481 e. The minimum atomic E-state index is -0.801. The molecule has 4 heteroatoms. The standard InChI is InChI=1S/C9H8BrIO2/c1-5-2-6(11)3-8(10)7(5)4-9(12)13/h2-3H,4H2,1H3,(H,12,13). The third-order valence-corrected chi connectivity index (χ3v) is 3.04. The maximum absolute atomic E-state index is 10.5. The van der Waals surface area contributed by atoms with Crippen LogP contribution >= 0.6 is 38.5 Å². The molecule has 13 heavy (non-hydrogen) atoms. The van der Waals surface area contributed by atoms with Gasteiger partial charge in [-0.2, -0.15) is 0 Å². The summed E-state index contributed by atoms with van der Waals surface area (Å²) in [7, 11) is 0. The Labute approximate surface area is 98.6 Å². The molecule has 70 valence electrons. The topological polar surface area (TPSA) is 37.3 Å². The van der Waals surface area contributed by atoms with E-state index >= 15 is 0 Å². The average Bonchev–Trinajstić information content (AvgIpc) is 1.96. The van der Waals surface area contributed by atoms with Crippen molar-refractivity contribution in [2.75, 3.05) is 0 Å². The highest BCUT2D eigenvalue weighted by molar-refractivity contribution is 14.1. The zero-order chi connectivity index (χ0) is 10.0. The Morgan fingerprint density at radius 3 is 2.69 bits per heavy atom. The summed E-state index contributed by atoms with van der Waals surface area (Å²) in [5.41, 5.74) is 1.87. The van der Waals surface area contributed by atoms with Gasteiger partial charge < -0.3 is 5.11 Å². The van der Waals surface area contributed by atoms with E-state index in [2.05, 4.69) is 38.5 Å². The van der Waals surface area contributed by atoms with E-state index in [1.54, 1.807) is 0 Å². The van der Waals surface area contributed by atoms with Crippen LogP contribution in [0.5, 0.6) is 0 Å². The largest absolute Gasteiger partial charge is 0.481 e. The molecule has 0 saturated heterocycles. The first-order chi connectivity index (χ1) is 6.00. The van der Waals surface area contributed by atoms with Gasteiger partial charge >= 0.3 is 5.97 Å². The van der Waals surface area contributed by atoms with Gasteiger partial charge in [-0.05, 0) is 52.8 Å². The van der Waals surface area contributed by atoms with E-state index in [1.807, 2.05) is 19.1 Å². The lowest BCUT2D eigenvalue weighted by atomic mass is 10.1. The third kappa shape index (κ3) is 2.95. The van der Waals surface area contributed by atoms with Crippen molar-refractivity contribution >= 4 is 44.5 Å². The number of carboxylic acids is 1. The lowest BCUT2D eigenvalue weighted by Gasteiger charge is -2.06. The van der Waals surface area contributed by atoms with Gasteiger partial charge in [-0.1, -0.05) is 15.9 Å². The normalized spacial score (nSPS) is 10.1. The predicted octanol–water partition coefficient (Wildman–Crippen LogP) is 2.99. The summed E-state index contributed by atoms with van der Waals surface area (Å²) >= 11 is 5.56. The first-order valence-electron chi connectivity index (χ1n) is 3.67. The Bertz CT molecular complexity index is 326. The molecule has 0 aromatic heterocycles. The van der Waals surface area contributed by atoms with E-state index in [1.165, 1.54) is 0 Å². The molecule has 1 aromatic rings. The zero-order valence-electron chi connectivity index (χ0n) is 6.97. The summed E-state index contributed by atoms with van der Waals surface area (Å²) in [5.74, 6) is -0.801. The summed E-state index contributed by atoms with van der Waals surface area (Å²) in [6.45, 7) is 1.92. The van der Waals surface area contributed by atoms with Gasteiger partial charge in [0, 0.05) is 8.04 Å². The van der Waals surface area contributed by atoms with Crippen molar-refractivity contribution in [1.29, 1.82) is 0 Å². The van der Waals surface area contributed by atoms with E-state index in [4.69, 9.17) is 5.11 Å². The maximum atomic E-state index is 10.5. The number of aryl methyl sites for hydroxylation is 1. The smallest absolute Gasteiger partial charge is 0.307 e. The zero-order valence-corrected chi connectivity index (χ0v) is 10.7. The molecule has 1 N–H and O–H groups in total. The summed E-state index contributed by atoms with van der Waals surface area (Å²) < 4.78 is 1.98. The fraction of sp³-hybridized carbons (Fsp3) is 0.222. The van der Waals surface area contributed by atoms with E-state index in [0.717, 1.165) is 19.2 Å². The van der Waals surface area contributed by atoms with Crippen molar-refractivity contribution < 1.29 is 9.90 Å². The van der Waals surface area contributed by atoms with Crippen LogP contribution < -0.4 is 0 Å². The monoisotopic (exact) mass is 354 g/mol. The number of hydrogen-bond acceptors (Lipinski definition) is 1. The molecule has 0 aliphatic heterocycles. The quantitative estimate of drug-likeness (QED) is 0.829. The Morgan fingerprint density at radius 2 is 2.23 bits per heavy atom.